The second-order valence-electron chi connectivity index (χ2n) is 4.26. The number of halogens is 3. The number of nitrogens with one attached hydrogen (secondary N) is 1. The molecule has 0 bridgehead atoms. The SMILES string of the molecule is CCC[C@@H](c1cc(Br)cs1)N1CCNCC1.Cl.Cl. The van der Waals surface area contributed by atoms with E-state index in [-0.39, 0.29) is 24.8 Å². The van der Waals surface area contributed by atoms with Crippen molar-refractivity contribution in [2.45, 2.75) is 25.8 Å². The Balaban J connectivity index is 0.00000144. The molecular weight excluding hydrogens is 355 g/mol. The second-order valence-corrected chi connectivity index (χ2v) is 6.12. The molecule has 2 rings (SSSR count). The molecular formula is C12H21BrCl2N2S. The van der Waals surface area contributed by atoms with Crippen molar-refractivity contribution in [3.63, 3.8) is 0 Å². The summed E-state index contributed by atoms with van der Waals surface area (Å²) in [4.78, 5) is 4.13. The normalized spacial score (nSPS) is 17.7. The van der Waals surface area contributed by atoms with E-state index in [0.717, 1.165) is 13.1 Å². The second kappa shape index (κ2) is 9.56. The van der Waals surface area contributed by atoms with Gasteiger partial charge in [-0.3, -0.25) is 4.90 Å². The molecule has 106 valence electrons. The third kappa shape index (κ3) is 4.99. The fourth-order valence-corrected chi connectivity index (χ4v) is 3.89. The van der Waals surface area contributed by atoms with Crippen molar-refractivity contribution in [1.29, 1.82) is 0 Å². The number of hydrogen-bond acceptors (Lipinski definition) is 3. The van der Waals surface area contributed by atoms with Crippen LogP contribution in [0.2, 0.25) is 0 Å². The van der Waals surface area contributed by atoms with Gasteiger partial charge >= 0.3 is 0 Å². The molecule has 2 nitrogen and oxygen atoms in total. The summed E-state index contributed by atoms with van der Waals surface area (Å²) < 4.78 is 1.23. The Morgan fingerprint density at radius 3 is 2.56 bits per heavy atom. The fourth-order valence-electron chi connectivity index (χ4n) is 2.28. The molecule has 0 spiro atoms. The van der Waals surface area contributed by atoms with Crippen LogP contribution in [0.3, 0.4) is 0 Å². The first-order chi connectivity index (χ1) is 7.81. The molecule has 0 amide bonds. The van der Waals surface area contributed by atoms with E-state index in [2.05, 4.69) is 44.5 Å². The molecule has 2 heterocycles. The van der Waals surface area contributed by atoms with Crippen molar-refractivity contribution in [2.75, 3.05) is 26.2 Å². The zero-order valence-electron chi connectivity index (χ0n) is 10.5. The molecule has 1 aliphatic rings. The number of hydrogen-bond donors (Lipinski definition) is 1. The van der Waals surface area contributed by atoms with Crippen LogP contribution in [0, 0.1) is 0 Å². The van der Waals surface area contributed by atoms with E-state index in [1.807, 2.05) is 11.3 Å². The van der Waals surface area contributed by atoms with E-state index in [1.54, 1.807) is 0 Å². The van der Waals surface area contributed by atoms with Crippen LogP contribution in [0.5, 0.6) is 0 Å². The molecule has 0 aliphatic carbocycles. The molecule has 0 unspecified atom stereocenters. The molecule has 1 aromatic heterocycles. The Morgan fingerprint density at radius 2 is 2.06 bits per heavy atom. The number of rotatable bonds is 4. The van der Waals surface area contributed by atoms with Crippen LogP contribution in [0.25, 0.3) is 0 Å². The average Bonchev–Trinajstić information content (AvgIpc) is 2.74. The lowest BCUT2D eigenvalue weighted by atomic mass is 10.1. The summed E-state index contributed by atoms with van der Waals surface area (Å²) in [6.45, 7) is 6.90. The Kier molecular flexibility index (Phi) is 9.92. The van der Waals surface area contributed by atoms with Gasteiger partial charge in [-0.25, -0.2) is 0 Å². The molecule has 0 saturated carbocycles. The zero-order chi connectivity index (χ0) is 11.4. The minimum absolute atomic E-state index is 0. The average molecular weight is 376 g/mol. The minimum atomic E-state index is 0. The predicted molar refractivity (Wildman–Crippen MR) is 88.6 cm³/mol. The molecule has 1 saturated heterocycles. The van der Waals surface area contributed by atoms with Gasteiger partial charge in [0.2, 0.25) is 0 Å². The van der Waals surface area contributed by atoms with Gasteiger partial charge in [0, 0.05) is 47.0 Å². The van der Waals surface area contributed by atoms with Crippen LogP contribution in [-0.2, 0) is 0 Å². The lowest BCUT2D eigenvalue weighted by Crippen LogP contribution is -2.44. The summed E-state index contributed by atoms with van der Waals surface area (Å²) in [5.41, 5.74) is 0. The van der Waals surface area contributed by atoms with E-state index in [4.69, 9.17) is 0 Å². The van der Waals surface area contributed by atoms with Gasteiger partial charge in [-0.05, 0) is 28.4 Å². The highest BCUT2D eigenvalue weighted by Gasteiger charge is 2.22. The van der Waals surface area contributed by atoms with Crippen LogP contribution in [0.15, 0.2) is 15.9 Å². The third-order valence-electron chi connectivity index (χ3n) is 3.07. The summed E-state index contributed by atoms with van der Waals surface area (Å²) in [6.07, 6.45) is 2.52. The van der Waals surface area contributed by atoms with E-state index in [9.17, 15) is 0 Å². The number of thiophene rings is 1. The van der Waals surface area contributed by atoms with Crippen molar-refractivity contribution in [3.05, 3.63) is 20.8 Å². The van der Waals surface area contributed by atoms with Crippen molar-refractivity contribution < 1.29 is 0 Å². The molecule has 1 aromatic rings. The molecule has 18 heavy (non-hydrogen) atoms. The first kappa shape index (κ1) is 18.7. The standard InChI is InChI=1S/C12H19BrN2S.2ClH/c1-2-3-11(12-8-10(13)9-16-12)15-6-4-14-5-7-15;;/h8-9,11,14H,2-7H2,1H3;2*1H/t11-;;/m0../s1. The fraction of sp³-hybridized carbons (Fsp3) is 0.667. The Labute approximate surface area is 134 Å². The van der Waals surface area contributed by atoms with Gasteiger partial charge in [-0.2, -0.15) is 0 Å². The summed E-state index contributed by atoms with van der Waals surface area (Å²) in [6, 6.07) is 2.91. The first-order valence-corrected chi connectivity index (χ1v) is 7.67. The molecule has 0 radical (unpaired) electrons. The molecule has 1 N–H and O–H groups in total. The van der Waals surface area contributed by atoms with Crippen LogP contribution < -0.4 is 5.32 Å². The maximum absolute atomic E-state index is 3.56. The molecule has 1 fully saturated rings. The van der Waals surface area contributed by atoms with Gasteiger partial charge in [0.25, 0.3) is 0 Å². The molecule has 1 atom stereocenters. The van der Waals surface area contributed by atoms with Crippen molar-refractivity contribution in [3.8, 4) is 0 Å². The van der Waals surface area contributed by atoms with Gasteiger partial charge in [-0.15, -0.1) is 36.2 Å². The van der Waals surface area contributed by atoms with Gasteiger partial charge in [0.1, 0.15) is 0 Å². The Bertz CT molecular complexity index is 330. The summed E-state index contributed by atoms with van der Waals surface area (Å²) in [7, 11) is 0. The monoisotopic (exact) mass is 374 g/mol. The lowest BCUT2D eigenvalue weighted by Gasteiger charge is -2.34. The summed E-state index contributed by atoms with van der Waals surface area (Å²) >= 11 is 5.44. The van der Waals surface area contributed by atoms with Gasteiger partial charge in [0.05, 0.1) is 0 Å². The van der Waals surface area contributed by atoms with Crippen molar-refractivity contribution >= 4 is 52.1 Å². The van der Waals surface area contributed by atoms with Gasteiger partial charge in [0.15, 0.2) is 0 Å². The molecule has 6 heteroatoms. The summed E-state index contributed by atoms with van der Waals surface area (Å²) in [5.74, 6) is 0. The van der Waals surface area contributed by atoms with Gasteiger partial charge in [-0.1, -0.05) is 13.3 Å². The van der Waals surface area contributed by atoms with E-state index in [0.29, 0.717) is 6.04 Å². The largest absolute Gasteiger partial charge is 0.314 e. The Morgan fingerprint density at radius 1 is 1.39 bits per heavy atom. The van der Waals surface area contributed by atoms with Crippen LogP contribution in [0.4, 0.5) is 0 Å². The number of piperazine rings is 1. The quantitative estimate of drug-likeness (QED) is 0.851. The smallest absolute Gasteiger partial charge is 0.0442 e. The first-order valence-electron chi connectivity index (χ1n) is 6.00. The van der Waals surface area contributed by atoms with E-state index < -0.39 is 0 Å². The molecule has 0 aromatic carbocycles. The highest BCUT2D eigenvalue weighted by Crippen LogP contribution is 2.32. The Hall–Kier alpha value is 0.680. The highest BCUT2D eigenvalue weighted by atomic mass is 79.9. The maximum atomic E-state index is 3.56. The van der Waals surface area contributed by atoms with Crippen LogP contribution >= 0.6 is 52.1 Å². The zero-order valence-corrected chi connectivity index (χ0v) is 14.6. The summed E-state index contributed by atoms with van der Waals surface area (Å²) in [5, 5.41) is 5.62. The highest BCUT2D eigenvalue weighted by molar-refractivity contribution is 9.10. The van der Waals surface area contributed by atoms with Crippen LogP contribution in [-0.4, -0.2) is 31.1 Å². The van der Waals surface area contributed by atoms with Gasteiger partial charge < -0.3 is 5.32 Å². The van der Waals surface area contributed by atoms with Crippen molar-refractivity contribution in [1.82, 2.24) is 10.2 Å². The number of nitrogens with zero attached hydrogens (tertiary/aromatic N) is 1. The third-order valence-corrected chi connectivity index (χ3v) is 4.87. The molecule has 1 aliphatic heterocycles. The maximum Gasteiger partial charge on any atom is 0.0442 e. The topological polar surface area (TPSA) is 15.3 Å². The minimum Gasteiger partial charge on any atom is -0.314 e. The van der Waals surface area contributed by atoms with E-state index >= 15 is 0 Å². The van der Waals surface area contributed by atoms with Crippen LogP contribution in [0.1, 0.15) is 30.7 Å². The lowest BCUT2D eigenvalue weighted by molar-refractivity contribution is 0.167. The van der Waals surface area contributed by atoms with E-state index in [1.165, 1.54) is 35.3 Å². The predicted octanol–water partition coefficient (Wildman–Crippen LogP) is 4.10. The van der Waals surface area contributed by atoms with Crippen molar-refractivity contribution in [2.24, 2.45) is 0 Å².